The van der Waals surface area contributed by atoms with Crippen molar-refractivity contribution in [3.63, 3.8) is 0 Å². The fourth-order valence-electron chi connectivity index (χ4n) is 10.5. The molecule has 6 unspecified atom stereocenters. The number of amides is 1. The van der Waals surface area contributed by atoms with E-state index < -0.39 is 23.8 Å². The van der Waals surface area contributed by atoms with Crippen molar-refractivity contribution >= 4 is 22.6 Å². The van der Waals surface area contributed by atoms with Gasteiger partial charge in [-0.1, -0.05) is 121 Å². The summed E-state index contributed by atoms with van der Waals surface area (Å²) in [5, 5.41) is 26.8. The number of carbonyl (C=O) groups is 1. The zero-order valence-electron chi connectivity index (χ0n) is 37.9. The summed E-state index contributed by atoms with van der Waals surface area (Å²) in [7, 11) is 1.55. The second-order valence-electron chi connectivity index (χ2n) is 17.4. The lowest BCUT2D eigenvalue weighted by Crippen LogP contribution is -2.70. The average molecular weight is 891 g/mol. The second-order valence-corrected chi connectivity index (χ2v) is 17.4. The Kier molecular flexibility index (Phi) is 15.3. The third-order valence-electron chi connectivity index (χ3n) is 13.4. The number of aliphatic hydroxyl groups excluding tert-OH is 2. The van der Waals surface area contributed by atoms with Crippen LogP contribution >= 0.6 is 0 Å². The molecule has 2 N–H and O–H groups in total. The largest absolute Gasteiger partial charge is 0.459 e. The number of benzene rings is 5. The van der Waals surface area contributed by atoms with Gasteiger partial charge in [-0.05, 0) is 107 Å². The van der Waals surface area contributed by atoms with Crippen molar-refractivity contribution in [1.29, 1.82) is 0 Å². The van der Waals surface area contributed by atoms with Crippen molar-refractivity contribution in [2.45, 2.75) is 75.7 Å². The van der Waals surface area contributed by atoms with Gasteiger partial charge in [-0.15, -0.1) is 13.2 Å². The molecule has 0 saturated heterocycles. The lowest BCUT2D eigenvalue weighted by molar-refractivity contribution is -0.256. The molecule has 0 radical (unpaired) electrons. The molecule has 1 heterocycles. The zero-order valence-corrected chi connectivity index (χ0v) is 37.9. The molecule has 1 saturated carbocycles. The number of carbonyl (C=O) groups excluding carboxylic acids is 1. The van der Waals surface area contributed by atoms with Gasteiger partial charge in [-0.2, -0.15) is 0 Å². The number of aliphatic hydroxyl groups is 2. The van der Waals surface area contributed by atoms with Gasteiger partial charge in [0.15, 0.2) is 0 Å². The van der Waals surface area contributed by atoms with Crippen LogP contribution in [0.25, 0.3) is 21.9 Å². The Hall–Kier alpha value is -6.20. The Morgan fingerprint density at radius 1 is 0.848 bits per heavy atom. The normalized spacial score (nSPS) is 22.3. The number of rotatable bonds is 21. The Labute approximate surface area is 388 Å². The van der Waals surface area contributed by atoms with E-state index in [-0.39, 0.29) is 57.1 Å². The van der Waals surface area contributed by atoms with E-state index in [4.69, 9.17) is 28.9 Å². The van der Waals surface area contributed by atoms with E-state index in [0.717, 1.165) is 64.3 Å². The molecule has 5 aromatic carbocycles. The molecule has 66 heavy (non-hydrogen) atoms. The lowest BCUT2D eigenvalue weighted by Gasteiger charge is -2.59. The highest BCUT2D eigenvalue weighted by Crippen LogP contribution is 2.62. The number of unbranched alkanes of at least 4 members (excludes halogenated alkanes) is 2. The van der Waals surface area contributed by atoms with Gasteiger partial charge in [0, 0.05) is 31.1 Å². The molecule has 1 aliphatic heterocycles. The summed E-state index contributed by atoms with van der Waals surface area (Å²) < 4.78 is 27.3. The predicted octanol–water partition coefficient (Wildman–Crippen LogP) is 11.8. The van der Waals surface area contributed by atoms with E-state index in [0.29, 0.717) is 42.2 Å². The molecular formula is C56H62N2O8. The Morgan fingerprint density at radius 3 is 2.33 bits per heavy atom. The van der Waals surface area contributed by atoms with Gasteiger partial charge in [0.25, 0.3) is 0 Å². The zero-order chi connectivity index (χ0) is 45.9. The van der Waals surface area contributed by atoms with Crippen LogP contribution in [-0.4, -0.2) is 72.3 Å². The van der Waals surface area contributed by atoms with Crippen LogP contribution in [0.15, 0.2) is 157 Å². The van der Waals surface area contributed by atoms with Crippen LogP contribution in [0.5, 0.6) is 17.2 Å². The van der Waals surface area contributed by atoms with Crippen LogP contribution in [0, 0.1) is 17.8 Å². The number of hydrogen-bond acceptors (Lipinski definition) is 9. The van der Waals surface area contributed by atoms with Crippen molar-refractivity contribution in [3.8, 4) is 28.4 Å². The lowest BCUT2D eigenvalue weighted by atomic mass is 9.55. The quantitative estimate of drug-likeness (QED) is 0.0425. The van der Waals surface area contributed by atoms with Crippen molar-refractivity contribution < 1.29 is 38.8 Å². The van der Waals surface area contributed by atoms with Gasteiger partial charge in [0.05, 0.1) is 31.4 Å². The minimum Gasteiger partial charge on any atom is -0.459 e. The molecule has 1 amide bonds. The molecule has 0 spiro atoms. The second kappa shape index (κ2) is 21.9. The predicted molar refractivity (Wildman–Crippen MR) is 260 cm³/mol. The number of ether oxygens (including phenoxy) is 4. The highest BCUT2D eigenvalue weighted by molar-refractivity contribution is 6.03. The first kappa shape index (κ1) is 46.3. The molecule has 6 atom stereocenters. The van der Waals surface area contributed by atoms with Crippen LogP contribution in [0.3, 0.4) is 0 Å². The van der Waals surface area contributed by atoms with E-state index in [1.54, 1.807) is 24.2 Å². The van der Waals surface area contributed by atoms with Crippen LogP contribution in [0.1, 0.15) is 68.4 Å². The van der Waals surface area contributed by atoms with Gasteiger partial charge >= 0.3 is 6.09 Å². The molecule has 10 heteroatoms. The Bertz CT molecular complexity index is 2500. The summed E-state index contributed by atoms with van der Waals surface area (Å²) in [5.74, 6) is -0.0282. The molecule has 8 rings (SSSR count). The Morgan fingerprint density at radius 2 is 1.58 bits per heavy atom. The smallest absolute Gasteiger partial charge is 0.410 e. The van der Waals surface area contributed by atoms with Gasteiger partial charge in [0.2, 0.25) is 5.79 Å². The fraction of sp³-hybridized carbons (Fsp3) is 0.357. The van der Waals surface area contributed by atoms with Gasteiger partial charge < -0.3 is 34.0 Å². The van der Waals surface area contributed by atoms with E-state index in [2.05, 4.69) is 67.8 Å². The summed E-state index contributed by atoms with van der Waals surface area (Å²) in [6.07, 6.45) is 10.6. The van der Waals surface area contributed by atoms with Gasteiger partial charge in [-0.25, -0.2) is 4.79 Å². The summed E-state index contributed by atoms with van der Waals surface area (Å²) in [6.45, 7) is 8.63. The molecule has 1 fully saturated rings. The summed E-state index contributed by atoms with van der Waals surface area (Å²) in [4.78, 5) is 22.3. The number of hydrogen-bond donors (Lipinski definition) is 2. The standard InChI is InChI=1S/C56H62N2O8/c1-4-6-34-63-55(61)58(38-43-22-16-21-41-19-10-11-23-46(41)43)52-37-50(57-62-3)48-35-42(20-12-14-31-59)47(24-13-15-32-60)53-49-36-45(29-30-51(49)66-56(52,54(48)53)64-33-5-2)65-44-27-25-40(26-28-44)39-17-8-7-9-18-39/h4-5,7-11,16-19,21-23,25-30,35-36,42,47,52-54,59-60H,1-2,6,12-15,20,24,31-34,37-38H2,3H3. The topological polar surface area (TPSA) is 119 Å². The maximum absolute atomic E-state index is 14.9. The van der Waals surface area contributed by atoms with Crippen molar-refractivity contribution in [1.82, 2.24) is 4.90 Å². The van der Waals surface area contributed by atoms with Gasteiger partial charge in [-0.3, -0.25) is 4.90 Å². The van der Waals surface area contributed by atoms with E-state index in [1.165, 1.54) is 0 Å². The van der Waals surface area contributed by atoms with Crippen LogP contribution in [-0.2, 0) is 20.9 Å². The van der Waals surface area contributed by atoms with Crippen LogP contribution in [0.2, 0.25) is 0 Å². The first-order valence-electron chi connectivity index (χ1n) is 23.4. The average Bonchev–Trinajstić information content (AvgIpc) is 3.35. The monoisotopic (exact) mass is 890 g/mol. The van der Waals surface area contributed by atoms with E-state index >= 15 is 0 Å². The minimum absolute atomic E-state index is 0.0485. The Balaban J connectivity index is 1.30. The van der Waals surface area contributed by atoms with Crippen LogP contribution < -0.4 is 9.47 Å². The van der Waals surface area contributed by atoms with E-state index in [9.17, 15) is 15.0 Å². The highest BCUT2D eigenvalue weighted by Gasteiger charge is 2.65. The number of oxime groups is 1. The van der Waals surface area contributed by atoms with Gasteiger partial charge in [0.1, 0.15) is 30.4 Å². The summed E-state index contributed by atoms with van der Waals surface area (Å²) in [6, 6.07) is 37.9. The number of allylic oxidation sites excluding steroid dienone is 1. The molecule has 5 aromatic rings. The first-order valence-corrected chi connectivity index (χ1v) is 23.4. The van der Waals surface area contributed by atoms with E-state index in [1.807, 2.05) is 66.7 Å². The molecule has 344 valence electrons. The highest BCUT2D eigenvalue weighted by atomic mass is 16.7. The first-order chi connectivity index (χ1) is 32.4. The number of fused-ring (bicyclic) bond motifs is 3. The SMILES string of the molecule is C=CCCOC(=O)N(Cc1cccc2ccccc12)C1CC(=NOC)C2=CC(CCCCO)C(CCCCO)C3c4cc(Oc5ccc(-c6ccccc6)cc5)ccc4OC1(OCC=C)C23. The molecule has 0 aromatic heterocycles. The third-order valence-corrected chi connectivity index (χ3v) is 13.4. The molecule has 3 aliphatic rings. The summed E-state index contributed by atoms with van der Waals surface area (Å²) >= 11 is 0. The number of nitrogens with zero attached hydrogens (tertiary/aromatic N) is 2. The molecule has 10 nitrogen and oxygen atoms in total. The maximum atomic E-state index is 14.9. The third kappa shape index (κ3) is 9.82. The minimum atomic E-state index is -1.45. The fourth-order valence-corrected chi connectivity index (χ4v) is 10.5. The van der Waals surface area contributed by atoms with Crippen molar-refractivity contribution in [2.24, 2.45) is 22.9 Å². The van der Waals surface area contributed by atoms with Crippen LogP contribution in [0.4, 0.5) is 4.79 Å². The van der Waals surface area contributed by atoms with Crippen molar-refractivity contribution in [3.05, 3.63) is 163 Å². The molecular weight excluding hydrogens is 829 g/mol. The van der Waals surface area contributed by atoms with Crippen molar-refractivity contribution in [2.75, 3.05) is 33.5 Å². The molecule has 0 bridgehead atoms. The summed E-state index contributed by atoms with van der Waals surface area (Å²) in [5.41, 5.74) is 5.79. The maximum Gasteiger partial charge on any atom is 0.410 e. The molecule has 2 aliphatic carbocycles.